The number of nitrogens with one attached hydrogen (secondary N) is 2. The molecule has 1 atom stereocenters. The number of aromatic nitrogens is 2. The molecule has 2 heterocycles. The standard InChI is InChI=1S/C14H13FN4O2/c15-10-4-1-3-9-11(6-8-21-13(9)10)17-14(20)18-12-5-2-7-16-19-12/h1-5,7,11H,6,8H2,(H2,17,18,19,20)/t11-/m0/s1. The number of benzene rings is 1. The summed E-state index contributed by atoms with van der Waals surface area (Å²) in [5, 5.41) is 12.8. The molecule has 1 aliphatic heterocycles. The molecule has 0 spiro atoms. The fourth-order valence-electron chi connectivity index (χ4n) is 2.22. The van der Waals surface area contributed by atoms with E-state index in [9.17, 15) is 9.18 Å². The highest BCUT2D eigenvalue weighted by Gasteiger charge is 2.25. The van der Waals surface area contributed by atoms with Gasteiger partial charge in [0.25, 0.3) is 0 Å². The second-order valence-corrected chi connectivity index (χ2v) is 4.56. The van der Waals surface area contributed by atoms with Crippen molar-refractivity contribution in [3.63, 3.8) is 0 Å². The van der Waals surface area contributed by atoms with Crippen molar-refractivity contribution in [2.24, 2.45) is 0 Å². The number of urea groups is 1. The van der Waals surface area contributed by atoms with Crippen molar-refractivity contribution in [3.05, 3.63) is 47.9 Å². The Morgan fingerprint density at radius 3 is 3.05 bits per heavy atom. The number of halogens is 1. The third-order valence-electron chi connectivity index (χ3n) is 3.15. The maximum atomic E-state index is 13.7. The quantitative estimate of drug-likeness (QED) is 0.888. The number of carbonyl (C=O) groups excluding carboxylic acids is 1. The summed E-state index contributed by atoms with van der Waals surface area (Å²) in [6.07, 6.45) is 2.09. The minimum Gasteiger partial charge on any atom is -0.490 e. The molecule has 7 heteroatoms. The monoisotopic (exact) mass is 288 g/mol. The van der Waals surface area contributed by atoms with Gasteiger partial charge in [-0.05, 0) is 18.2 Å². The minimum atomic E-state index is -0.423. The van der Waals surface area contributed by atoms with E-state index in [0.29, 0.717) is 24.4 Å². The molecule has 0 saturated heterocycles. The van der Waals surface area contributed by atoms with Crippen molar-refractivity contribution in [2.75, 3.05) is 11.9 Å². The van der Waals surface area contributed by atoms with Crippen LogP contribution in [0.4, 0.5) is 15.0 Å². The Bertz CT molecular complexity index is 651. The normalized spacial score (nSPS) is 16.5. The first kappa shape index (κ1) is 13.3. The Morgan fingerprint density at radius 2 is 2.24 bits per heavy atom. The Hall–Kier alpha value is -2.70. The molecule has 2 N–H and O–H groups in total. The fourth-order valence-corrected chi connectivity index (χ4v) is 2.22. The molecule has 0 aliphatic carbocycles. The van der Waals surface area contributed by atoms with Gasteiger partial charge in [-0.15, -0.1) is 5.10 Å². The van der Waals surface area contributed by atoms with E-state index in [0.717, 1.165) is 0 Å². The summed E-state index contributed by atoms with van der Waals surface area (Å²) in [7, 11) is 0. The molecule has 0 bridgehead atoms. The van der Waals surface area contributed by atoms with E-state index >= 15 is 0 Å². The second-order valence-electron chi connectivity index (χ2n) is 4.56. The predicted octanol–water partition coefficient (Wildman–Crippen LogP) is 2.26. The summed E-state index contributed by atoms with van der Waals surface area (Å²) in [5.41, 5.74) is 0.635. The lowest BCUT2D eigenvalue weighted by Gasteiger charge is -2.26. The summed E-state index contributed by atoms with van der Waals surface area (Å²) in [6, 6.07) is 7.24. The minimum absolute atomic E-state index is 0.202. The van der Waals surface area contributed by atoms with Crippen molar-refractivity contribution in [1.29, 1.82) is 0 Å². The van der Waals surface area contributed by atoms with Gasteiger partial charge in [-0.1, -0.05) is 12.1 Å². The lowest BCUT2D eigenvalue weighted by molar-refractivity contribution is 0.227. The number of rotatable bonds is 2. The molecular formula is C14H13FN4O2. The topological polar surface area (TPSA) is 76.1 Å². The number of anilines is 1. The third kappa shape index (κ3) is 2.91. The highest BCUT2D eigenvalue weighted by Crippen LogP contribution is 2.33. The molecular weight excluding hydrogens is 275 g/mol. The molecule has 0 radical (unpaired) electrons. The molecule has 0 unspecified atom stereocenters. The number of amides is 2. The number of fused-ring (bicyclic) bond motifs is 1. The van der Waals surface area contributed by atoms with E-state index in [2.05, 4.69) is 20.8 Å². The van der Waals surface area contributed by atoms with Crippen molar-refractivity contribution in [2.45, 2.75) is 12.5 Å². The van der Waals surface area contributed by atoms with Crippen LogP contribution in [0.1, 0.15) is 18.0 Å². The lowest BCUT2D eigenvalue weighted by atomic mass is 10.0. The predicted molar refractivity (Wildman–Crippen MR) is 73.4 cm³/mol. The number of hydrogen-bond donors (Lipinski definition) is 2. The summed E-state index contributed by atoms with van der Waals surface area (Å²) in [5.74, 6) is 0.128. The van der Waals surface area contributed by atoms with Gasteiger partial charge in [0.1, 0.15) is 0 Å². The van der Waals surface area contributed by atoms with Crippen LogP contribution >= 0.6 is 0 Å². The van der Waals surface area contributed by atoms with Gasteiger partial charge in [0, 0.05) is 18.2 Å². The van der Waals surface area contributed by atoms with Gasteiger partial charge in [-0.3, -0.25) is 5.32 Å². The number of hydrogen-bond acceptors (Lipinski definition) is 4. The second kappa shape index (κ2) is 5.74. The number of ether oxygens (including phenoxy) is 1. The zero-order valence-electron chi connectivity index (χ0n) is 11.0. The SMILES string of the molecule is O=C(Nc1cccnn1)N[C@H]1CCOc2c(F)cccc21. The fraction of sp³-hybridized carbons (Fsp3) is 0.214. The molecule has 108 valence electrons. The van der Waals surface area contributed by atoms with Crippen LogP contribution in [-0.4, -0.2) is 22.8 Å². The van der Waals surface area contributed by atoms with E-state index in [4.69, 9.17) is 4.74 Å². The zero-order chi connectivity index (χ0) is 14.7. The van der Waals surface area contributed by atoms with Crippen LogP contribution in [0, 0.1) is 5.82 Å². The zero-order valence-corrected chi connectivity index (χ0v) is 11.0. The first-order chi connectivity index (χ1) is 10.2. The maximum Gasteiger partial charge on any atom is 0.320 e. The molecule has 3 rings (SSSR count). The van der Waals surface area contributed by atoms with E-state index in [1.165, 1.54) is 12.3 Å². The highest BCUT2D eigenvalue weighted by molar-refractivity contribution is 5.88. The number of carbonyl (C=O) groups is 1. The van der Waals surface area contributed by atoms with Crippen LogP contribution in [-0.2, 0) is 0 Å². The van der Waals surface area contributed by atoms with Crippen molar-refractivity contribution in [3.8, 4) is 5.75 Å². The first-order valence-electron chi connectivity index (χ1n) is 6.50. The summed E-state index contributed by atoms with van der Waals surface area (Å²) in [6.45, 7) is 0.351. The summed E-state index contributed by atoms with van der Waals surface area (Å²) < 4.78 is 19.0. The summed E-state index contributed by atoms with van der Waals surface area (Å²) in [4.78, 5) is 12.0. The molecule has 1 aliphatic rings. The Labute approximate surface area is 120 Å². The number of nitrogens with zero attached hydrogens (tertiary/aromatic N) is 2. The smallest absolute Gasteiger partial charge is 0.320 e. The van der Waals surface area contributed by atoms with Gasteiger partial charge in [0.2, 0.25) is 0 Å². The maximum absolute atomic E-state index is 13.7. The molecule has 1 aromatic heterocycles. The van der Waals surface area contributed by atoms with Gasteiger partial charge >= 0.3 is 6.03 Å². The van der Waals surface area contributed by atoms with Crippen LogP contribution in [0.3, 0.4) is 0 Å². The molecule has 0 saturated carbocycles. The van der Waals surface area contributed by atoms with Crippen LogP contribution in [0.2, 0.25) is 0 Å². The van der Waals surface area contributed by atoms with Crippen molar-refractivity contribution < 1.29 is 13.9 Å². The number of para-hydroxylation sites is 1. The highest BCUT2D eigenvalue weighted by atomic mass is 19.1. The van der Waals surface area contributed by atoms with Crippen LogP contribution in [0.15, 0.2) is 36.5 Å². The van der Waals surface area contributed by atoms with E-state index in [1.807, 2.05) is 0 Å². The average molecular weight is 288 g/mol. The van der Waals surface area contributed by atoms with Crippen molar-refractivity contribution >= 4 is 11.8 Å². The van der Waals surface area contributed by atoms with Crippen LogP contribution in [0.25, 0.3) is 0 Å². The van der Waals surface area contributed by atoms with E-state index in [-0.39, 0.29) is 11.8 Å². The van der Waals surface area contributed by atoms with Crippen LogP contribution in [0.5, 0.6) is 5.75 Å². The molecule has 2 amide bonds. The van der Waals surface area contributed by atoms with E-state index in [1.54, 1.807) is 24.3 Å². The molecule has 1 aromatic carbocycles. The third-order valence-corrected chi connectivity index (χ3v) is 3.15. The van der Waals surface area contributed by atoms with Crippen molar-refractivity contribution in [1.82, 2.24) is 15.5 Å². The molecule has 0 fully saturated rings. The first-order valence-corrected chi connectivity index (χ1v) is 6.50. The Kier molecular flexibility index (Phi) is 3.63. The molecule has 6 nitrogen and oxygen atoms in total. The molecule has 21 heavy (non-hydrogen) atoms. The Morgan fingerprint density at radius 1 is 1.33 bits per heavy atom. The Balaban J connectivity index is 1.72. The van der Waals surface area contributed by atoms with Gasteiger partial charge in [0.15, 0.2) is 17.4 Å². The lowest BCUT2D eigenvalue weighted by Crippen LogP contribution is -2.35. The molecule has 2 aromatic rings. The van der Waals surface area contributed by atoms with Crippen LogP contribution < -0.4 is 15.4 Å². The van der Waals surface area contributed by atoms with Gasteiger partial charge < -0.3 is 10.1 Å². The van der Waals surface area contributed by atoms with Gasteiger partial charge in [-0.25, -0.2) is 9.18 Å². The van der Waals surface area contributed by atoms with Gasteiger partial charge in [0.05, 0.1) is 12.6 Å². The summed E-state index contributed by atoms with van der Waals surface area (Å²) >= 11 is 0. The van der Waals surface area contributed by atoms with E-state index < -0.39 is 11.8 Å². The largest absolute Gasteiger partial charge is 0.490 e. The average Bonchev–Trinajstić information content (AvgIpc) is 2.49. The van der Waals surface area contributed by atoms with Gasteiger partial charge in [-0.2, -0.15) is 5.10 Å².